The highest BCUT2D eigenvalue weighted by Gasteiger charge is 2.28. The second-order valence-corrected chi connectivity index (χ2v) is 6.59. The summed E-state index contributed by atoms with van der Waals surface area (Å²) in [5.41, 5.74) is 1.14. The Hall–Kier alpha value is -2.22. The van der Waals surface area contributed by atoms with Crippen LogP contribution in [0, 0.1) is 0 Å². The number of nitrogens with two attached hydrogens (primary N) is 1. The number of primary sulfonamides is 1. The minimum absolute atomic E-state index is 0.0210. The standard InChI is InChI=1S/C14H9ClN2O4S/c15-9-5-4-7(6-11(9)22(16,20)21)13-8-2-1-3-10(18)12(8)14(19)17-13/h1-6,18H,(H2,16,20,21). The highest BCUT2D eigenvalue weighted by molar-refractivity contribution is 7.89. The summed E-state index contributed by atoms with van der Waals surface area (Å²) >= 11 is 5.84. The molecule has 0 radical (unpaired) electrons. The first-order valence-electron chi connectivity index (χ1n) is 6.07. The van der Waals surface area contributed by atoms with E-state index in [1.165, 1.54) is 24.3 Å². The van der Waals surface area contributed by atoms with Crippen LogP contribution >= 0.6 is 11.6 Å². The van der Waals surface area contributed by atoms with Crippen LogP contribution in [0.3, 0.4) is 0 Å². The number of amides is 1. The van der Waals surface area contributed by atoms with Crippen LogP contribution in [0.4, 0.5) is 0 Å². The van der Waals surface area contributed by atoms with Crippen molar-refractivity contribution in [3.05, 3.63) is 58.1 Å². The molecule has 22 heavy (non-hydrogen) atoms. The zero-order valence-electron chi connectivity index (χ0n) is 10.9. The number of sulfonamides is 1. The predicted octanol–water partition coefficient (Wildman–Crippen LogP) is 1.68. The van der Waals surface area contributed by atoms with Crippen molar-refractivity contribution in [1.82, 2.24) is 0 Å². The number of carbonyl (C=O) groups is 1. The third-order valence-corrected chi connectivity index (χ3v) is 4.63. The fourth-order valence-corrected chi connectivity index (χ4v) is 3.34. The number of aliphatic imine (C=N–C) groups is 1. The van der Waals surface area contributed by atoms with Gasteiger partial charge in [0.05, 0.1) is 16.3 Å². The van der Waals surface area contributed by atoms with Gasteiger partial charge in [0.2, 0.25) is 10.0 Å². The van der Waals surface area contributed by atoms with Crippen molar-refractivity contribution in [1.29, 1.82) is 0 Å². The number of fused-ring (bicyclic) bond motifs is 1. The second-order valence-electron chi connectivity index (χ2n) is 4.66. The van der Waals surface area contributed by atoms with Gasteiger partial charge < -0.3 is 5.11 Å². The maximum absolute atomic E-state index is 11.9. The fourth-order valence-electron chi connectivity index (χ4n) is 2.27. The van der Waals surface area contributed by atoms with Gasteiger partial charge in [-0.15, -0.1) is 0 Å². The van der Waals surface area contributed by atoms with Gasteiger partial charge in [0.1, 0.15) is 10.6 Å². The molecule has 3 rings (SSSR count). The highest BCUT2D eigenvalue weighted by Crippen LogP contribution is 2.31. The van der Waals surface area contributed by atoms with Crippen molar-refractivity contribution in [3.8, 4) is 5.75 Å². The minimum atomic E-state index is -4.01. The van der Waals surface area contributed by atoms with Gasteiger partial charge in [0.25, 0.3) is 5.91 Å². The van der Waals surface area contributed by atoms with E-state index in [1.54, 1.807) is 12.1 Å². The van der Waals surface area contributed by atoms with Gasteiger partial charge in [0.15, 0.2) is 0 Å². The van der Waals surface area contributed by atoms with Crippen molar-refractivity contribution in [2.45, 2.75) is 4.90 Å². The van der Waals surface area contributed by atoms with Crippen molar-refractivity contribution in [2.75, 3.05) is 0 Å². The van der Waals surface area contributed by atoms with E-state index < -0.39 is 15.9 Å². The van der Waals surface area contributed by atoms with Gasteiger partial charge in [-0.2, -0.15) is 0 Å². The van der Waals surface area contributed by atoms with Crippen molar-refractivity contribution >= 4 is 33.2 Å². The number of nitrogens with zero attached hydrogens (tertiary/aromatic N) is 1. The van der Waals surface area contributed by atoms with Crippen LogP contribution in [0.25, 0.3) is 0 Å². The number of carbonyl (C=O) groups excluding carboxylic acids is 1. The molecule has 112 valence electrons. The molecule has 0 atom stereocenters. The SMILES string of the molecule is NS(=O)(=O)c1cc(C2=NC(=O)c3c(O)cccc32)ccc1Cl. The average molecular weight is 337 g/mol. The van der Waals surface area contributed by atoms with E-state index in [9.17, 15) is 18.3 Å². The molecule has 0 bridgehead atoms. The van der Waals surface area contributed by atoms with Crippen LogP contribution in [0.2, 0.25) is 5.02 Å². The molecular weight excluding hydrogens is 328 g/mol. The molecular formula is C14H9ClN2O4S. The molecule has 6 nitrogen and oxygen atoms in total. The zero-order chi connectivity index (χ0) is 16.1. The van der Waals surface area contributed by atoms with Crippen LogP contribution in [0.1, 0.15) is 21.5 Å². The Morgan fingerprint density at radius 3 is 2.59 bits per heavy atom. The van der Waals surface area contributed by atoms with E-state index in [0.29, 0.717) is 11.1 Å². The van der Waals surface area contributed by atoms with Crippen LogP contribution in [-0.4, -0.2) is 25.1 Å². The lowest BCUT2D eigenvalue weighted by Crippen LogP contribution is -2.14. The van der Waals surface area contributed by atoms with Crippen LogP contribution < -0.4 is 5.14 Å². The van der Waals surface area contributed by atoms with E-state index in [0.717, 1.165) is 0 Å². The molecule has 1 aliphatic heterocycles. The van der Waals surface area contributed by atoms with Gasteiger partial charge in [-0.3, -0.25) is 4.79 Å². The van der Waals surface area contributed by atoms with Crippen LogP contribution in [0.5, 0.6) is 5.75 Å². The number of phenolic OH excluding ortho intramolecular Hbond substituents is 1. The molecule has 8 heteroatoms. The van der Waals surface area contributed by atoms with Crippen LogP contribution in [0.15, 0.2) is 46.3 Å². The summed E-state index contributed by atoms with van der Waals surface area (Å²) in [4.78, 5) is 15.5. The lowest BCUT2D eigenvalue weighted by molar-refractivity contribution is 0.100. The summed E-state index contributed by atoms with van der Waals surface area (Å²) < 4.78 is 23.1. The van der Waals surface area contributed by atoms with Crippen LogP contribution in [-0.2, 0) is 10.0 Å². The molecule has 0 unspecified atom stereocenters. The Morgan fingerprint density at radius 2 is 1.91 bits per heavy atom. The molecule has 0 fully saturated rings. The fraction of sp³-hybridized carbons (Fsp3) is 0. The molecule has 0 aliphatic carbocycles. The molecule has 1 amide bonds. The van der Waals surface area contributed by atoms with Gasteiger partial charge in [-0.05, 0) is 18.2 Å². The molecule has 2 aromatic rings. The summed E-state index contributed by atoms with van der Waals surface area (Å²) in [6.45, 7) is 0. The topological polar surface area (TPSA) is 110 Å². The van der Waals surface area contributed by atoms with Crippen molar-refractivity contribution in [3.63, 3.8) is 0 Å². The Kier molecular flexibility index (Phi) is 3.28. The third-order valence-electron chi connectivity index (χ3n) is 3.24. The molecule has 0 saturated carbocycles. The molecule has 0 saturated heterocycles. The first kappa shape index (κ1) is 14.7. The van der Waals surface area contributed by atoms with E-state index in [-0.39, 0.29) is 26.9 Å². The van der Waals surface area contributed by atoms with E-state index in [2.05, 4.69) is 4.99 Å². The number of rotatable bonds is 2. The number of hydrogen-bond donors (Lipinski definition) is 2. The minimum Gasteiger partial charge on any atom is -0.507 e. The Bertz CT molecular complexity index is 951. The van der Waals surface area contributed by atoms with Gasteiger partial charge in [-0.1, -0.05) is 29.8 Å². The van der Waals surface area contributed by atoms with E-state index in [1.807, 2.05) is 0 Å². The quantitative estimate of drug-likeness (QED) is 0.869. The molecule has 2 aromatic carbocycles. The van der Waals surface area contributed by atoms with Crippen molar-refractivity contribution < 1.29 is 18.3 Å². The Labute approximate surface area is 130 Å². The molecule has 3 N–H and O–H groups in total. The third kappa shape index (κ3) is 2.29. The highest BCUT2D eigenvalue weighted by atomic mass is 35.5. The number of benzene rings is 2. The van der Waals surface area contributed by atoms with Gasteiger partial charge in [0, 0.05) is 11.1 Å². The van der Waals surface area contributed by atoms with E-state index in [4.69, 9.17) is 16.7 Å². The largest absolute Gasteiger partial charge is 0.507 e. The first-order chi connectivity index (χ1) is 10.3. The van der Waals surface area contributed by atoms with E-state index >= 15 is 0 Å². The van der Waals surface area contributed by atoms with Gasteiger partial charge in [-0.25, -0.2) is 18.5 Å². The maximum Gasteiger partial charge on any atom is 0.282 e. The average Bonchev–Trinajstić information content (AvgIpc) is 2.77. The zero-order valence-corrected chi connectivity index (χ0v) is 12.5. The van der Waals surface area contributed by atoms with Crippen molar-refractivity contribution in [2.24, 2.45) is 10.1 Å². The summed E-state index contributed by atoms with van der Waals surface area (Å²) in [6, 6.07) is 8.71. The molecule has 0 aromatic heterocycles. The number of hydrogen-bond acceptors (Lipinski definition) is 4. The first-order valence-corrected chi connectivity index (χ1v) is 7.99. The maximum atomic E-state index is 11.9. The Morgan fingerprint density at radius 1 is 1.18 bits per heavy atom. The second kappa shape index (κ2) is 4.91. The summed E-state index contributed by atoms with van der Waals surface area (Å²) in [6.07, 6.45) is 0. The number of aromatic hydroxyl groups is 1. The summed E-state index contributed by atoms with van der Waals surface area (Å²) in [7, 11) is -4.01. The summed E-state index contributed by atoms with van der Waals surface area (Å²) in [5, 5.41) is 14.9. The molecule has 1 heterocycles. The lowest BCUT2D eigenvalue weighted by atomic mass is 9.99. The normalized spacial score (nSPS) is 13.9. The molecule has 1 aliphatic rings. The Balaban J connectivity index is 2.22. The smallest absolute Gasteiger partial charge is 0.282 e. The molecule has 0 spiro atoms. The summed E-state index contributed by atoms with van der Waals surface area (Å²) in [5.74, 6) is -0.767. The van der Waals surface area contributed by atoms with Gasteiger partial charge >= 0.3 is 0 Å². The predicted molar refractivity (Wildman–Crippen MR) is 80.9 cm³/mol. The lowest BCUT2D eigenvalue weighted by Gasteiger charge is -2.07. The number of phenols is 1. The monoisotopic (exact) mass is 336 g/mol. The number of halogens is 1.